The monoisotopic (exact) mass is 287 g/mol. The van der Waals surface area contributed by atoms with Gasteiger partial charge < -0.3 is 0 Å². The van der Waals surface area contributed by atoms with E-state index in [1.165, 1.54) is 0 Å². The molecule has 0 aliphatic carbocycles. The molecular weight excluding hydrogens is 270 g/mol. The summed E-state index contributed by atoms with van der Waals surface area (Å²) in [5.41, 5.74) is 3.04. The molecule has 0 N–H and O–H groups in total. The Hall–Kier alpha value is -2.68. The molecule has 0 saturated carbocycles. The van der Waals surface area contributed by atoms with E-state index in [0.29, 0.717) is 0 Å². The number of fused-ring (bicyclic) bond motifs is 3. The number of benzene rings is 2. The molecule has 108 valence electrons. The molecule has 0 unspecified atom stereocenters. The van der Waals surface area contributed by atoms with Crippen LogP contribution in [0.1, 0.15) is 13.8 Å². The molecule has 3 aromatic rings. The number of aliphatic imine (C=N–C) groups is 2. The molecule has 2 heterocycles. The minimum Gasteiger partial charge on any atom is -0.293 e. The van der Waals surface area contributed by atoms with E-state index in [1.807, 2.05) is 36.7 Å². The van der Waals surface area contributed by atoms with Crippen LogP contribution < -0.4 is 0 Å². The van der Waals surface area contributed by atoms with Gasteiger partial charge in [-0.2, -0.15) is 0 Å². The lowest BCUT2D eigenvalue weighted by Gasteiger charge is -2.10. The molecule has 0 fully saturated rings. The highest BCUT2D eigenvalue weighted by Crippen LogP contribution is 2.42. The van der Waals surface area contributed by atoms with Gasteiger partial charge in [0.25, 0.3) is 0 Å². The van der Waals surface area contributed by atoms with Crippen molar-refractivity contribution in [3.05, 3.63) is 54.6 Å². The van der Waals surface area contributed by atoms with Crippen LogP contribution in [0.2, 0.25) is 0 Å². The second-order valence-electron chi connectivity index (χ2n) is 6.20. The van der Waals surface area contributed by atoms with Gasteiger partial charge in [0, 0.05) is 28.9 Å². The van der Waals surface area contributed by atoms with E-state index in [0.717, 1.165) is 28.1 Å². The maximum Gasteiger partial charge on any atom is 0.164 e. The molecule has 2 aromatic carbocycles. The first-order valence-electron chi connectivity index (χ1n) is 7.45. The van der Waals surface area contributed by atoms with Crippen LogP contribution in [0.4, 0.5) is 11.5 Å². The highest BCUT2D eigenvalue weighted by Gasteiger charge is 2.22. The highest BCUT2D eigenvalue weighted by atomic mass is 15.1. The van der Waals surface area contributed by atoms with Crippen molar-refractivity contribution in [3.8, 4) is 5.69 Å². The van der Waals surface area contributed by atoms with Gasteiger partial charge in [0.2, 0.25) is 0 Å². The summed E-state index contributed by atoms with van der Waals surface area (Å²) in [5.74, 6) is 0.897. The largest absolute Gasteiger partial charge is 0.293 e. The molecule has 0 spiro atoms. The van der Waals surface area contributed by atoms with Crippen LogP contribution in [0.15, 0.2) is 64.6 Å². The van der Waals surface area contributed by atoms with E-state index in [9.17, 15) is 0 Å². The Morgan fingerprint density at radius 2 is 1.50 bits per heavy atom. The summed E-state index contributed by atoms with van der Waals surface area (Å²) >= 11 is 0. The molecule has 1 aromatic heterocycles. The zero-order valence-corrected chi connectivity index (χ0v) is 12.7. The fraction of sp³-hybridized carbons (Fsp3) is 0.158. The van der Waals surface area contributed by atoms with Crippen LogP contribution in [0.3, 0.4) is 0 Å². The first-order chi connectivity index (χ1) is 10.7. The van der Waals surface area contributed by atoms with Gasteiger partial charge in [-0.3, -0.25) is 9.56 Å². The lowest BCUT2D eigenvalue weighted by Crippen LogP contribution is -2.13. The van der Waals surface area contributed by atoms with Crippen LogP contribution >= 0.6 is 0 Å². The van der Waals surface area contributed by atoms with E-state index in [1.54, 1.807) is 0 Å². The third-order valence-electron chi connectivity index (χ3n) is 3.88. The molecule has 4 rings (SSSR count). The van der Waals surface area contributed by atoms with Gasteiger partial charge >= 0.3 is 0 Å². The van der Waals surface area contributed by atoms with Gasteiger partial charge in [0.05, 0.1) is 5.52 Å². The third kappa shape index (κ3) is 1.98. The Bertz CT molecular complexity index is 899. The zero-order valence-electron chi connectivity index (χ0n) is 12.7. The number of aromatic nitrogens is 1. The molecule has 22 heavy (non-hydrogen) atoms. The molecule has 3 nitrogen and oxygen atoms in total. The average Bonchev–Trinajstić information content (AvgIpc) is 2.76. The van der Waals surface area contributed by atoms with Crippen LogP contribution in [0, 0.1) is 5.41 Å². The summed E-state index contributed by atoms with van der Waals surface area (Å²) in [7, 11) is 0. The molecular formula is C19H17N3. The van der Waals surface area contributed by atoms with Gasteiger partial charge in [-0.05, 0) is 32.0 Å². The van der Waals surface area contributed by atoms with Crippen LogP contribution in [0.5, 0.6) is 0 Å². The predicted octanol–water partition coefficient (Wildman–Crippen LogP) is 5.07. The highest BCUT2D eigenvalue weighted by molar-refractivity contribution is 6.04. The molecule has 1 aliphatic heterocycles. The van der Waals surface area contributed by atoms with Crippen molar-refractivity contribution in [3.63, 3.8) is 0 Å². The molecule has 0 atom stereocenters. The SMILES string of the molecule is CC1(C)C=Nc2c(n(-c3ccccc3)c3ccccc23)N=C1. The Kier molecular flexibility index (Phi) is 2.76. The summed E-state index contributed by atoms with van der Waals surface area (Å²) in [6, 6.07) is 18.6. The number of para-hydroxylation sites is 2. The van der Waals surface area contributed by atoms with Crippen LogP contribution in [0.25, 0.3) is 16.6 Å². The van der Waals surface area contributed by atoms with Gasteiger partial charge in [0.15, 0.2) is 5.82 Å². The lowest BCUT2D eigenvalue weighted by atomic mass is 9.98. The molecule has 0 bridgehead atoms. The van der Waals surface area contributed by atoms with Crippen LogP contribution in [-0.2, 0) is 0 Å². The Labute approximate surface area is 129 Å². The van der Waals surface area contributed by atoms with Gasteiger partial charge in [-0.15, -0.1) is 0 Å². The number of nitrogens with zero attached hydrogens (tertiary/aromatic N) is 3. The van der Waals surface area contributed by atoms with E-state index >= 15 is 0 Å². The van der Waals surface area contributed by atoms with Crippen molar-refractivity contribution in [1.82, 2.24) is 4.57 Å². The lowest BCUT2D eigenvalue weighted by molar-refractivity contribution is 0.767. The third-order valence-corrected chi connectivity index (χ3v) is 3.88. The second-order valence-corrected chi connectivity index (χ2v) is 6.20. The minimum absolute atomic E-state index is 0.137. The fourth-order valence-electron chi connectivity index (χ4n) is 2.79. The van der Waals surface area contributed by atoms with Gasteiger partial charge in [-0.1, -0.05) is 36.4 Å². The number of hydrogen-bond acceptors (Lipinski definition) is 2. The molecule has 0 amide bonds. The maximum absolute atomic E-state index is 4.77. The standard InChI is InChI=1S/C19H17N3/c1-19(2)12-20-17-15-10-6-7-11-16(15)22(18(17)21-13-19)14-8-4-3-5-9-14/h3-13H,1-2H3. The Balaban J connectivity index is 2.10. The number of hydrogen-bond donors (Lipinski definition) is 0. The van der Waals surface area contributed by atoms with Crippen molar-refractivity contribution in [1.29, 1.82) is 0 Å². The summed E-state index contributed by atoms with van der Waals surface area (Å²) in [5, 5.41) is 1.13. The van der Waals surface area contributed by atoms with E-state index in [2.05, 4.69) is 48.7 Å². The van der Waals surface area contributed by atoms with Crippen molar-refractivity contribution in [2.45, 2.75) is 13.8 Å². The Morgan fingerprint density at radius 3 is 2.32 bits per heavy atom. The molecule has 1 aliphatic rings. The van der Waals surface area contributed by atoms with Gasteiger partial charge in [0.1, 0.15) is 5.69 Å². The molecule has 3 heteroatoms. The van der Waals surface area contributed by atoms with E-state index in [4.69, 9.17) is 9.98 Å². The fourth-order valence-corrected chi connectivity index (χ4v) is 2.79. The van der Waals surface area contributed by atoms with Crippen molar-refractivity contribution in [2.24, 2.45) is 15.4 Å². The van der Waals surface area contributed by atoms with E-state index < -0.39 is 0 Å². The predicted molar refractivity (Wildman–Crippen MR) is 93.4 cm³/mol. The minimum atomic E-state index is -0.137. The normalized spacial score (nSPS) is 15.7. The summed E-state index contributed by atoms with van der Waals surface area (Å²) in [4.78, 5) is 9.51. The summed E-state index contributed by atoms with van der Waals surface area (Å²) < 4.78 is 2.18. The zero-order chi connectivity index (χ0) is 15.2. The van der Waals surface area contributed by atoms with Crippen molar-refractivity contribution in [2.75, 3.05) is 0 Å². The summed E-state index contributed by atoms with van der Waals surface area (Å²) in [6.45, 7) is 4.22. The first-order valence-corrected chi connectivity index (χ1v) is 7.45. The average molecular weight is 287 g/mol. The quantitative estimate of drug-likeness (QED) is 0.598. The maximum atomic E-state index is 4.77. The molecule has 0 saturated heterocycles. The van der Waals surface area contributed by atoms with Gasteiger partial charge in [-0.25, -0.2) is 4.99 Å². The second kappa shape index (κ2) is 4.67. The Morgan fingerprint density at radius 1 is 0.818 bits per heavy atom. The van der Waals surface area contributed by atoms with Crippen LogP contribution in [-0.4, -0.2) is 17.0 Å². The van der Waals surface area contributed by atoms with E-state index in [-0.39, 0.29) is 5.41 Å². The topological polar surface area (TPSA) is 29.6 Å². The molecule has 0 radical (unpaired) electrons. The first kappa shape index (κ1) is 13.0. The summed E-state index contributed by atoms with van der Waals surface area (Å²) in [6.07, 6.45) is 3.95. The van der Waals surface area contributed by atoms with Crippen molar-refractivity contribution >= 4 is 34.8 Å². The number of rotatable bonds is 1. The van der Waals surface area contributed by atoms with Crippen molar-refractivity contribution < 1.29 is 0 Å². The smallest absolute Gasteiger partial charge is 0.164 e.